The molecule has 0 saturated heterocycles. The number of rotatable bonds is 6. The van der Waals surface area contributed by atoms with E-state index in [1.807, 2.05) is 42.5 Å². The molecular formula is C51H44N4. The molecule has 268 valence electrons. The monoisotopic (exact) mass is 712 g/mol. The van der Waals surface area contributed by atoms with Crippen LogP contribution in [0.4, 0.5) is 0 Å². The number of nitriles is 1. The van der Waals surface area contributed by atoms with Crippen LogP contribution in [0, 0.1) is 23.2 Å². The highest BCUT2D eigenvalue weighted by molar-refractivity contribution is 6.28. The van der Waals surface area contributed by atoms with Crippen molar-refractivity contribution in [1.82, 2.24) is 15.0 Å². The van der Waals surface area contributed by atoms with Crippen molar-refractivity contribution in [3.8, 4) is 51.4 Å². The standard InChI is InChI=1S/C51H44N4/c1-4-51(30-33(2)17-18-34(3)31-51)40-26-23-36(24-27-40)41-15-10-16-45-43-28-25-39(29-46(43)42-13-8-9-14-44(42)47(41)45)50-54-48(37-11-6-5-7-12-37)53-49(55-50)38-21-19-35(32-52)20-22-38/h5-16,19-29,33-34H,4,17-18,30-31H2,1-3H3/t33-,34+,51?. The van der Waals surface area contributed by atoms with Gasteiger partial charge in [-0.1, -0.05) is 143 Å². The third kappa shape index (κ3) is 6.34. The molecule has 0 bridgehead atoms. The lowest BCUT2D eigenvalue weighted by atomic mass is 9.69. The van der Waals surface area contributed by atoms with Gasteiger partial charge in [-0.15, -0.1) is 0 Å². The molecule has 1 heterocycles. The fourth-order valence-corrected chi connectivity index (χ4v) is 9.35. The molecule has 1 aliphatic carbocycles. The van der Waals surface area contributed by atoms with E-state index < -0.39 is 0 Å². The number of hydrogen-bond donors (Lipinski definition) is 0. The van der Waals surface area contributed by atoms with Crippen LogP contribution in [0.25, 0.3) is 77.6 Å². The molecule has 8 aromatic rings. The number of hydrogen-bond acceptors (Lipinski definition) is 4. The van der Waals surface area contributed by atoms with Gasteiger partial charge in [0.1, 0.15) is 0 Å². The van der Waals surface area contributed by atoms with E-state index in [2.05, 4.69) is 112 Å². The minimum absolute atomic E-state index is 0.246. The van der Waals surface area contributed by atoms with Crippen LogP contribution in [0.5, 0.6) is 0 Å². The normalized spacial score (nSPS) is 18.7. The Labute approximate surface area is 323 Å². The van der Waals surface area contributed by atoms with Crippen LogP contribution in [0.1, 0.15) is 64.0 Å². The third-order valence-electron chi connectivity index (χ3n) is 12.2. The summed E-state index contributed by atoms with van der Waals surface area (Å²) in [6.07, 6.45) is 6.40. The predicted octanol–water partition coefficient (Wildman–Crippen LogP) is 13.4. The molecule has 4 nitrogen and oxygen atoms in total. The zero-order chi connectivity index (χ0) is 37.5. The van der Waals surface area contributed by atoms with Crippen LogP contribution >= 0.6 is 0 Å². The van der Waals surface area contributed by atoms with Gasteiger partial charge in [-0.05, 0) is 116 Å². The Balaban J connectivity index is 1.18. The second-order valence-corrected chi connectivity index (χ2v) is 15.8. The molecule has 7 aromatic carbocycles. The van der Waals surface area contributed by atoms with Crippen LogP contribution in [-0.2, 0) is 5.41 Å². The van der Waals surface area contributed by atoms with E-state index in [0.717, 1.165) is 33.9 Å². The predicted molar refractivity (Wildman–Crippen MR) is 228 cm³/mol. The molecule has 4 heteroatoms. The van der Waals surface area contributed by atoms with Crippen molar-refractivity contribution in [2.75, 3.05) is 0 Å². The van der Waals surface area contributed by atoms with Crippen molar-refractivity contribution in [2.45, 2.75) is 58.3 Å². The quantitative estimate of drug-likeness (QED) is 0.127. The minimum atomic E-state index is 0.246. The van der Waals surface area contributed by atoms with Crippen LogP contribution in [0.2, 0.25) is 0 Å². The highest BCUT2D eigenvalue weighted by Gasteiger charge is 2.36. The topological polar surface area (TPSA) is 62.5 Å². The van der Waals surface area contributed by atoms with Crippen molar-refractivity contribution in [2.24, 2.45) is 11.8 Å². The summed E-state index contributed by atoms with van der Waals surface area (Å²) in [5.74, 6) is 3.29. The van der Waals surface area contributed by atoms with Gasteiger partial charge in [0, 0.05) is 16.7 Å². The Morgan fingerprint density at radius 3 is 1.71 bits per heavy atom. The number of nitrogens with zero attached hydrogens (tertiary/aromatic N) is 4. The lowest BCUT2D eigenvalue weighted by Crippen LogP contribution is -2.28. The van der Waals surface area contributed by atoms with E-state index in [1.165, 1.54) is 75.7 Å². The van der Waals surface area contributed by atoms with Gasteiger partial charge in [-0.3, -0.25) is 0 Å². The summed E-state index contributed by atoms with van der Waals surface area (Å²) in [5, 5.41) is 16.7. The molecule has 0 radical (unpaired) electrons. The molecule has 1 saturated carbocycles. The smallest absolute Gasteiger partial charge is 0.164 e. The first-order valence-electron chi connectivity index (χ1n) is 19.7. The van der Waals surface area contributed by atoms with Gasteiger partial charge in [0.2, 0.25) is 0 Å². The molecule has 0 N–H and O–H groups in total. The van der Waals surface area contributed by atoms with E-state index in [-0.39, 0.29) is 5.41 Å². The first-order valence-corrected chi connectivity index (χ1v) is 19.7. The van der Waals surface area contributed by atoms with Gasteiger partial charge in [-0.25, -0.2) is 15.0 Å². The lowest BCUT2D eigenvalue weighted by Gasteiger charge is -2.35. The summed E-state index contributed by atoms with van der Waals surface area (Å²) in [6, 6.07) is 51.4. The van der Waals surface area contributed by atoms with E-state index in [0.29, 0.717) is 23.0 Å². The molecule has 3 atom stereocenters. The highest BCUT2D eigenvalue weighted by atomic mass is 15.0. The fraction of sp³-hybridized carbons (Fsp3) is 0.216. The maximum Gasteiger partial charge on any atom is 0.164 e. The Morgan fingerprint density at radius 2 is 1.07 bits per heavy atom. The van der Waals surface area contributed by atoms with Crippen LogP contribution in [0.3, 0.4) is 0 Å². The van der Waals surface area contributed by atoms with Crippen molar-refractivity contribution in [3.63, 3.8) is 0 Å². The third-order valence-corrected chi connectivity index (χ3v) is 12.2. The summed E-state index contributed by atoms with van der Waals surface area (Å²) in [4.78, 5) is 14.9. The number of benzene rings is 7. The average Bonchev–Trinajstić information content (AvgIpc) is 3.40. The van der Waals surface area contributed by atoms with Crippen molar-refractivity contribution in [1.29, 1.82) is 5.26 Å². The SMILES string of the molecule is CCC1(c2ccc(-c3cccc4c5ccc(-c6nc(-c7ccccc7)nc(-c7ccc(C#N)cc7)n6)cc5c5ccccc5c34)cc2)C[C@H](C)CC[C@H](C)C1. The molecule has 1 aromatic heterocycles. The molecular weight excluding hydrogens is 669 g/mol. The first kappa shape index (κ1) is 34.6. The Hall–Kier alpha value is -6.18. The largest absolute Gasteiger partial charge is 0.208 e. The summed E-state index contributed by atoms with van der Waals surface area (Å²) >= 11 is 0. The molecule has 9 rings (SSSR count). The lowest BCUT2D eigenvalue weighted by molar-refractivity contribution is 0.295. The summed E-state index contributed by atoms with van der Waals surface area (Å²) in [5.41, 5.74) is 7.53. The Morgan fingerprint density at radius 1 is 0.545 bits per heavy atom. The van der Waals surface area contributed by atoms with Gasteiger partial charge in [0.25, 0.3) is 0 Å². The highest BCUT2D eigenvalue weighted by Crippen LogP contribution is 2.46. The van der Waals surface area contributed by atoms with Crippen molar-refractivity contribution < 1.29 is 0 Å². The molecule has 0 spiro atoms. The first-order chi connectivity index (χ1) is 26.9. The van der Waals surface area contributed by atoms with Gasteiger partial charge in [-0.2, -0.15) is 5.26 Å². The summed E-state index contributed by atoms with van der Waals surface area (Å²) in [6.45, 7) is 7.29. The average molecular weight is 713 g/mol. The van der Waals surface area contributed by atoms with E-state index in [9.17, 15) is 5.26 Å². The molecule has 1 fully saturated rings. The summed E-state index contributed by atoms with van der Waals surface area (Å²) in [7, 11) is 0. The second kappa shape index (κ2) is 14.2. The van der Waals surface area contributed by atoms with E-state index in [4.69, 9.17) is 15.0 Å². The van der Waals surface area contributed by atoms with Gasteiger partial charge >= 0.3 is 0 Å². The maximum atomic E-state index is 9.39. The van der Waals surface area contributed by atoms with Crippen molar-refractivity contribution in [3.05, 3.63) is 151 Å². The van der Waals surface area contributed by atoms with Gasteiger partial charge in [0.15, 0.2) is 17.5 Å². The zero-order valence-electron chi connectivity index (χ0n) is 31.8. The summed E-state index contributed by atoms with van der Waals surface area (Å²) < 4.78 is 0. The molecule has 0 aliphatic heterocycles. The molecule has 55 heavy (non-hydrogen) atoms. The zero-order valence-corrected chi connectivity index (χ0v) is 31.8. The van der Waals surface area contributed by atoms with E-state index >= 15 is 0 Å². The van der Waals surface area contributed by atoms with Crippen LogP contribution in [0.15, 0.2) is 140 Å². The second-order valence-electron chi connectivity index (χ2n) is 15.8. The van der Waals surface area contributed by atoms with Gasteiger partial charge < -0.3 is 0 Å². The molecule has 1 aliphatic rings. The number of aromatic nitrogens is 3. The van der Waals surface area contributed by atoms with Crippen molar-refractivity contribution >= 4 is 32.3 Å². The molecule has 0 amide bonds. The Bertz CT molecular complexity index is 2680. The fourth-order valence-electron chi connectivity index (χ4n) is 9.35. The van der Waals surface area contributed by atoms with E-state index in [1.54, 1.807) is 12.1 Å². The van der Waals surface area contributed by atoms with Gasteiger partial charge in [0.05, 0.1) is 11.6 Å². The minimum Gasteiger partial charge on any atom is -0.208 e. The molecule has 1 unspecified atom stereocenters. The number of fused-ring (bicyclic) bond motifs is 6. The van der Waals surface area contributed by atoms with Crippen LogP contribution < -0.4 is 0 Å². The van der Waals surface area contributed by atoms with Crippen LogP contribution in [-0.4, -0.2) is 15.0 Å². The Kier molecular flexibility index (Phi) is 8.95. The maximum absolute atomic E-state index is 9.39.